The molecule has 5 nitrogen and oxygen atoms in total. The van der Waals surface area contributed by atoms with Crippen molar-refractivity contribution in [3.8, 4) is 0 Å². The van der Waals surface area contributed by atoms with Gasteiger partial charge in [0, 0.05) is 12.6 Å². The Morgan fingerprint density at radius 1 is 1.24 bits per heavy atom. The summed E-state index contributed by atoms with van der Waals surface area (Å²) < 4.78 is 10.8. The molecule has 1 N–H and O–H groups in total. The van der Waals surface area contributed by atoms with Crippen molar-refractivity contribution in [1.29, 1.82) is 0 Å². The molecule has 17 heavy (non-hydrogen) atoms. The zero-order valence-electron chi connectivity index (χ0n) is 11.6. The van der Waals surface area contributed by atoms with Crippen LogP contribution >= 0.6 is 0 Å². The van der Waals surface area contributed by atoms with Crippen LogP contribution in [0, 0.1) is 0 Å². The molecule has 1 rings (SSSR count). The summed E-state index contributed by atoms with van der Waals surface area (Å²) in [6, 6.07) is 0.441. The van der Waals surface area contributed by atoms with Crippen LogP contribution in [0.3, 0.4) is 0 Å². The van der Waals surface area contributed by atoms with Crippen molar-refractivity contribution < 1.29 is 9.26 Å². The van der Waals surface area contributed by atoms with E-state index in [4.69, 9.17) is 9.26 Å². The number of hydrogen-bond acceptors (Lipinski definition) is 5. The molecule has 0 amide bonds. The Balaban J connectivity index is 2.93. The highest BCUT2D eigenvalue weighted by atomic mass is 16.5. The van der Waals surface area contributed by atoms with Crippen LogP contribution in [0.2, 0.25) is 0 Å². The molecule has 0 spiro atoms. The minimum absolute atomic E-state index is 0.0992. The van der Waals surface area contributed by atoms with Crippen LogP contribution in [-0.2, 0) is 10.3 Å². The second kappa shape index (κ2) is 5.04. The van der Waals surface area contributed by atoms with Crippen LogP contribution in [-0.4, -0.2) is 22.8 Å². The van der Waals surface area contributed by atoms with Gasteiger partial charge in [0.05, 0.1) is 0 Å². The maximum atomic E-state index is 5.55. The van der Waals surface area contributed by atoms with Crippen LogP contribution in [0.1, 0.15) is 53.3 Å². The smallest absolute Gasteiger partial charge is 0.321 e. The third kappa shape index (κ3) is 3.19. The molecule has 0 aromatic carbocycles. The van der Waals surface area contributed by atoms with E-state index in [9.17, 15) is 0 Å². The zero-order chi connectivity index (χ0) is 13.1. The lowest BCUT2D eigenvalue weighted by Crippen LogP contribution is -2.29. The molecule has 98 valence electrons. The van der Waals surface area contributed by atoms with Gasteiger partial charge in [-0.25, -0.2) is 0 Å². The Labute approximate surface area is 103 Å². The Hall–Kier alpha value is -1.10. The summed E-state index contributed by atoms with van der Waals surface area (Å²) in [6.07, 6.45) is 1.63. The van der Waals surface area contributed by atoms with Crippen LogP contribution < -0.4 is 5.32 Å². The van der Waals surface area contributed by atoms with E-state index in [2.05, 4.69) is 29.3 Å². The van der Waals surface area contributed by atoms with Gasteiger partial charge in [0.15, 0.2) is 0 Å². The zero-order valence-corrected chi connectivity index (χ0v) is 11.6. The molecule has 0 aliphatic rings. The Morgan fingerprint density at radius 3 is 2.24 bits per heavy atom. The van der Waals surface area contributed by atoms with Gasteiger partial charge in [-0.1, -0.05) is 19.0 Å². The number of anilines is 1. The number of nitrogens with zero attached hydrogens (tertiary/aromatic N) is 2. The first-order valence-electron chi connectivity index (χ1n) is 6.04. The second-order valence-electron chi connectivity index (χ2n) is 5.20. The van der Waals surface area contributed by atoms with Gasteiger partial charge < -0.3 is 14.6 Å². The quantitative estimate of drug-likeness (QED) is 0.858. The monoisotopic (exact) mass is 241 g/mol. The summed E-state index contributed by atoms with van der Waals surface area (Å²) in [7, 11) is 1.68. The van der Waals surface area contributed by atoms with Crippen LogP contribution in [0.25, 0.3) is 0 Å². The van der Waals surface area contributed by atoms with Gasteiger partial charge in [0.1, 0.15) is 5.60 Å². The molecule has 0 saturated carbocycles. The molecule has 0 saturated heterocycles. The number of methoxy groups -OCH3 is 1. The highest BCUT2D eigenvalue weighted by Crippen LogP contribution is 2.30. The molecule has 0 radical (unpaired) electrons. The summed E-state index contributed by atoms with van der Waals surface area (Å²) in [5, 5.41) is 7.16. The minimum atomic E-state index is -0.443. The summed E-state index contributed by atoms with van der Waals surface area (Å²) in [4.78, 5) is 4.37. The molecule has 0 fully saturated rings. The number of nitrogens with one attached hydrogen (secondary N) is 1. The van der Waals surface area contributed by atoms with Gasteiger partial charge in [-0.2, -0.15) is 4.98 Å². The van der Waals surface area contributed by atoms with Crippen molar-refractivity contribution in [2.75, 3.05) is 12.4 Å². The summed E-state index contributed by atoms with van der Waals surface area (Å²) in [5.41, 5.74) is -0.542. The molecular weight excluding hydrogens is 218 g/mol. The van der Waals surface area contributed by atoms with Gasteiger partial charge in [-0.15, -0.1) is 0 Å². The van der Waals surface area contributed by atoms with E-state index in [1.54, 1.807) is 7.11 Å². The van der Waals surface area contributed by atoms with Crippen molar-refractivity contribution >= 4 is 6.01 Å². The lowest BCUT2D eigenvalue weighted by atomic mass is 9.96. The molecule has 0 unspecified atom stereocenters. The molecule has 0 bridgehead atoms. The predicted molar refractivity (Wildman–Crippen MR) is 66.9 cm³/mol. The van der Waals surface area contributed by atoms with Gasteiger partial charge >= 0.3 is 6.01 Å². The van der Waals surface area contributed by atoms with Crippen molar-refractivity contribution in [3.05, 3.63) is 5.82 Å². The fourth-order valence-corrected chi connectivity index (χ4v) is 1.73. The standard InChI is InChI=1S/C12H23N3O2/c1-7-12(8-2,16-6)9-13-10(17-15-9)14-11(3,4)5/h7-8H2,1-6H3,(H,13,14,15). The topological polar surface area (TPSA) is 60.2 Å². The van der Waals surface area contributed by atoms with Gasteiger partial charge in [-0.05, 0) is 33.6 Å². The van der Waals surface area contributed by atoms with Gasteiger partial charge in [0.2, 0.25) is 5.82 Å². The Morgan fingerprint density at radius 2 is 1.82 bits per heavy atom. The van der Waals surface area contributed by atoms with Crippen LogP contribution in [0.5, 0.6) is 0 Å². The SMILES string of the molecule is CCC(CC)(OC)c1noc(NC(C)(C)C)n1. The molecule has 0 atom stereocenters. The van der Waals surface area contributed by atoms with E-state index in [0.29, 0.717) is 11.8 Å². The second-order valence-corrected chi connectivity index (χ2v) is 5.20. The third-order valence-electron chi connectivity index (χ3n) is 2.85. The highest BCUT2D eigenvalue weighted by molar-refractivity contribution is 5.24. The van der Waals surface area contributed by atoms with Crippen molar-refractivity contribution in [1.82, 2.24) is 10.1 Å². The fourth-order valence-electron chi connectivity index (χ4n) is 1.73. The Bertz CT molecular complexity index is 343. The lowest BCUT2D eigenvalue weighted by Gasteiger charge is -2.26. The average Bonchev–Trinajstić information content (AvgIpc) is 2.68. The van der Waals surface area contributed by atoms with Crippen molar-refractivity contribution in [3.63, 3.8) is 0 Å². The lowest BCUT2D eigenvalue weighted by molar-refractivity contribution is -0.0306. The molecule has 0 aliphatic heterocycles. The summed E-state index contributed by atoms with van der Waals surface area (Å²) in [5.74, 6) is 0.608. The first-order valence-corrected chi connectivity index (χ1v) is 6.04. The van der Waals surface area contributed by atoms with Crippen molar-refractivity contribution in [2.45, 2.75) is 58.6 Å². The van der Waals surface area contributed by atoms with Gasteiger partial charge in [-0.3, -0.25) is 0 Å². The number of rotatable bonds is 5. The maximum Gasteiger partial charge on any atom is 0.321 e. The molecule has 1 aromatic heterocycles. The van der Waals surface area contributed by atoms with Crippen LogP contribution in [0.4, 0.5) is 6.01 Å². The van der Waals surface area contributed by atoms with Gasteiger partial charge in [0.25, 0.3) is 0 Å². The fraction of sp³-hybridized carbons (Fsp3) is 0.833. The van der Waals surface area contributed by atoms with E-state index >= 15 is 0 Å². The average molecular weight is 241 g/mol. The van der Waals surface area contributed by atoms with Crippen molar-refractivity contribution in [2.24, 2.45) is 0 Å². The number of aromatic nitrogens is 2. The third-order valence-corrected chi connectivity index (χ3v) is 2.85. The predicted octanol–water partition coefficient (Wildman–Crippen LogP) is 2.94. The normalized spacial score (nSPS) is 12.8. The van der Waals surface area contributed by atoms with E-state index in [1.165, 1.54) is 0 Å². The Kier molecular flexibility index (Phi) is 4.14. The van der Waals surface area contributed by atoms with Crippen LogP contribution in [0.15, 0.2) is 4.52 Å². The molecule has 5 heteroatoms. The summed E-state index contributed by atoms with van der Waals surface area (Å²) >= 11 is 0. The van der Waals surface area contributed by atoms with E-state index in [0.717, 1.165) is 12.8 Å². The largest absolute Gasteiger partial charge is 0.370 e. The highest BCUT2D eigenvalue weighted by Gasteiger charge is 2.34. The van der Waals surface area contributed by atoms with E-state index < -0.39 is 5.60 Å². The number of ether oxygens (including phenoxy) is 1. The van der Waals surface area contributed by atoms with E-state index in [-0.39, 0.29) is 5.54 Å². The molecule has 1 aromatic rings. The molecule has 0 aliphatic carbocycles. The first kappa shape index (κ1) is 14.0. The molecule has 1 heterocycles. The number of hydrogen-bond donors (Lipinski definition) is 1. The molecular formula is C12H23N3O2. The van der Waals surface area contributed by atoms with E-state index in [1.807, 2.05) is 20.8 Å². The summed E-state index contributed by atoms with van der Waals surface area (Å²) in [6.45, 7) is 10.2. The minimum Gasteiger partial charge on any atom is -0.370 e. The maximum absolute atomic E-state index is 5.55. The first-order chi connectivity index (χ1) is 7.87.